The highest BCUT2D eigenvalue weighted by atomic mass is 16.5. The van der Waals surface area contributed by atoms with Crippen LogP contribution in [0.2, 0.25) is 0 Å². The van der Waals surface area contributed by atoms with Crippen molar-refractivity contribution < 1.29 is 14.3 Å². The van der Waals surface area contributed by atoms with E-state index in [9.17, 15) is 9.59 Å². The van der Waals surface area contributed by atoms with Gasteiger partial charge in [-0.3, -0.25) is 14.5 Å². The number of hydrogen-bond donors (Lipinski definition) is 2. The maximum absolute atomic E-state index is 13.2. The second-order valence-corrected chi connectivity index (χ2v) is 9.82. The fourth-order valence-corrected chi connectivity index (χ4v) is 4.65. The number of rotatable bonds is 3. The number of benzene rings is 2. The molecule has 0 saturated carbocycles. The predicted octanol–water partition coefficient (Wildman–Crippen LogP) is 2.57. The van der Waals surface area contributed by atoms with Crippen LogP contribution >= 0.6 is 0 Å². The highest BCUT2D eigenvalue weighted by Gasteiger charge is 2.21. The van der Waals surface area contributed by atoms with Gasteiger partial charge in [0.25, 0.3) is 5.91 Å². The Hall–Kier alpha value is -4.51. The minimum Gasteiger partial charge on any atom is -0.492 e. The lowest BCUT2D eigenvalue weighted by Crippen LogP contribution is -2.40. The SMILES string of the molecule is C[C@@H]1NC(=O)CN(Cc2nccn2C)CCCNC(=O)c2cccc(c2)OCCn2nc(-c3ccccc3)nc21. The number of ether oxygens (including phenoxy) is 1. The van der Waals surface area contributed by atoms with Gasteiger partial charge in [-0.2, -0.15) is 5.10 Å². The molecule has 208 valence electrons. The standard InChI is InChI=1S/C29H34N8O3/c1-21-28-33-27(22-8-4-3-5-9-22)34-37(28)16-17-40-24-11-6-10-23(18-24)29(39)31-12-7-14-36(20-26(38)32-21)19-25-30-13-15-35(25)2/h3-6,8-11,13,15,18,21H,7,12,14,16-17,19-20H2,1-2H3,(H,31,39)(H,32,38)/t21-/m0/s1. The molecule has 2 amide bonds. The molecule has 2 aromatic heterocycles. The second kappa shape index (κ2) is 12.6. The summed E-state index contributed by atoms with van der Waals surface area (Å²) in [7, 11) is 1.93. The quantitative estimate of drug-likeness (QED) is 0.408. The van der Waals surface area contributed by atoms with Crippen molar-refractivity contribution in [3.05, 3.63) is 84.2 Å². The van der Waals surface area contributed by atoms with E-state index < -0.39 is 0 Å². The Balaban J connectivity index is 1.41. The molecule has 0 fully saturated rings. The maximum Gasteiger partial charge on any atom is 0.251 e. The van der Waals surface area contributed by atoms with Crippen molar-refractivity contribution in [1.29, 1.82) is 0 Å². The largest absolute Gasteiger partial charge is 0.492 e. The van der Waals surface area contributed by atoms with Crippen molar-refractivity contribution in [2.45, 2.75) is 32.5 Å². The summed E-state index contributed by atoms with van der Waals surface area (Å²) in [6.45, 7) is 4.40. The highest BCUT2D eigenvalue weighted by molar-refractivity contribution is 5.94. The van der Waals surface area contributed by atoms with E-state index in [0.717, 1.165) is 11.4 Å². The first-order valence-electron chi connectivity index (χ1n) is 13.5. The van der Waals surface area contributed by atoms with Gasteiger partial charge < -0.3 is 19.9 Å². The topological polar surface area (TPSA) is 119 Å². The molecule has 0 radical (unpaired) electrons. The Morgan fingerprint density at radius 1 is 1.05 bits per heavy atom. The van der Waals surface area contributed by atoms with Gasteiger partial charge in [0.15, 0.2) is 5.82 Å². The van der Waals surface area contributed by atoms with Crippen LogP contribution in [-0.2, 0) is 24.9 Å². The molecule has 40 heavy (non-hydrogen) atoms. The summed E-state index contributed by atoms with van der Waals surface area (Å²) in [5.41, 5.74) is 1.42. The Morgan fingerprint density at radius 2 is 1.88 bits per heavy atom. The number of amides is 2. The molecule has 2 bridgehead atoms. The molecule has 4 aromatic rings. The third-order valence-electron chi connectivity index (χ3n) is 6.76. The smallest absolute Gasteiger partial charge is 0.251 e. The van der Waals surface area contributed by atoms with E-state index in [0.29, 0.717) is 62.2 Å². The minimum absolute atomic E-state index is 0.131. The van der Waals surface area contributed by atoms with Crippen LogP contribution in [0.5, 0.6) is 5.75 Å². The number of nitrogens with zero attached hydrogens (tertiary/aromatic N) is 6. The zero-order valence-corrected chi connectivity index (χ0v) is 22.8. The fourth-order valence-electron chi connectivity index (χ4n) is 4.65. The molecule has 11 heteroatoms. The van der Waals surface area contributed by atoms with Gasteiger partial charge in [0, 0.05) is 43.7 Å². The van der Waals surface area contributed by atoms with E-state index >= 15 is 0 Å². The number of nitrogens with one attached hydrogen (secondary N) is 2. The van der Waals surface area contributed by atoms with E-state index in [1.165, 1.54) is 0 Å². The number of hydrogen-bond acceptors (Lipinski definition) is 7. The number of carbonyl (C=O) groups is 2. The molecule has 11 nitrogen and oxygen atoms in total. The fraction of sp³-hybridized carbons (Fsp3) is 0.345. The average Bonchev–Trinajstić information content (AvgIpc) is 3.57. The van der Waals surface area contributed by atoms with E-state index in [4.69, 9.17) is 14.8 Å². The third-order valence-corrected chi connectivity index (χ3v) is 6.76. The van der Waals surface area contributed by atoms with E-state index in [2.05, 4.69) is 15.6 Å². The van der Waals surface area contributed by atoms with Crippen molar-refractivity contribution in [2.24, 2.45) is 7.05 Å². The van der Waals surface area contributed by atoms with Crippen LogP contribution in [-0.4, -0.2) is 67.3 Å². The van der Waals surface area contributed by atoms with E-state index in [1.807, 2.05) is 72.1 Å². The summed E-state index contributed by atoms with van der Waals surface area (Å²) in [4.78, 5) is 37.2. The third kappa shape index (κ3) is 6.73. The molecule has 3 heterocycles. The Labute approximate surface area is 233 Å². The zero-order chi connectivity index (χ0) is 27.9. The molecule has 2 N–H and O–H groups in total. The Morgan fingerprint density at radius 3 is 2.67 bits per heavy atom. The Kier molecular flexibility index (Phi) is 8.50. The number of fused-ring (bicyclic) bond motifs is 3. The zero-order valence-electron chi connectivity index (χ0n) is 22.8. The first-order valence-corrected chi connectivity index (χ1v) is 13.5. The number of imidazole rings is 1. The van der Waals surface area contributed by atoms with Gasteiger partial charge in [0.2, 0.25) is 5.91 Å². The van der Waals surface area contributed by atoms with E-state index in [-0.39, 0.29) is 24.4 Å². The summed E-state index contributed by atoms with van der Waals surface area (Å²) >= 11 is 0. The molecular weight excluding hydrogens is 508 g/mol. The van der Waals surface area contributed by atoms with Crippen molar-refractivity contribution in [1.82, 2.24) is 39.8 Å². The van der Waals surface area contributed by atoms with Crippen LogP contribution in [0.25, 0.3) is 11.4 Å². The summed E-state index contributed by atoms with van der Waals surface area (Å²) in [5.74, 6) is 2.38. The van der Waals surface area contributed by atoms with Crippen LogP contribution in [0.3, 0.4) is 0 Å². The van der Waals surface area contributed by atoms with Gasteiger partial charge in [0.05, 0.1) is 25.7 Å². The number of aromatic nitrogens is 5. The number of aryl methyl sites for hydroxylation is 1. The molecule has 1 aliphatic heterocycles. The molecule has 5 rings (SSSR count). The minimum atomic E-state index is -0.381. The molecule has 0 saturated heterocycles. The van der Waals surface area contributed by atoms with Gasteiger partial charge in [-0.1, -0.05) is 36.4 Å². The Bertz CT molecular complexity index is 1450. The van der Waals surface area contributed by atoms with Crippen molar-refractivity contribution in [3.8, 4) is 17.1 Å². The van der Waals surface area contributed by atoms with Gasteiger partial charge in [-0.15, -0.1) is 0 Å². The molecule has 0 unspecified atom stereocenters. The maximum atomic E-state index is 13.2. The summed E-state index contributed by atoms with van der Waals surface area (Å²) < 4.78 is 9.69. The van der Waals surface area contributed by atoms with Crippen LogP contribution in [0.15, 0.2) is 67.0 Å². The highest BCUT2D eigenvalue weighted by Crippen LogP contribution is 2.20. The summed E-state index contributed by atoms with van der Waals surface area (Å²) in [6.07, 6.45) is 4.30. The van der Waals surface area contributed by atoms with Gasteiger partial charge in [-0.25, -0.2) is 14.6 Å². The van der Waals surface area contributed by atoms with Crippen molar-refractivity contribution >= 4 is 11.8 Å². The summed E-state index contributed by atoms with van der Waals surface area (Å²) in [6, 6.07) is 16.5. The average molecular weight is 543 g/mol. The molecule has 1 atom stereocenters. The lowest BCUT2D eigenvalue weighted by Gasteiger charge is -2.23. The van der Waals surface area contributed by atoms with Crippen LogP contribution in [0.1, 0.15) is 41.4 Å². The van der Waals surface area contributed by atoms with Crippen LogP contribution in [0.4, 0.5) is 0 Å². The van der Waals surface area contributed by atoms with Crippen molar-refractivity contribution in [3.63, 3.8) is 0 Å². The first-order chi connectivity index (χ1) is 19.5. The monoisotopic (exact) mass is 542 g/mol. The molecule has 1 aliphatic rings. The predicted molar refractivity (Wildman–Crippen MR) is 149 cm³/mol. The second-order valence-electron chi connectivity index (χ2n) is 9.82. The molecule has 2 aromatic carbocycles. The number of carbonyl (C=O) groups excluding carboxylic acids is 2. The van der Waals surface area contributed by atoms with Crippen LogP contribution < -0.4 is 15.4 Å². The van der Waals surface area contributed by atoms with E-state index in [1.54, 1.807) is 23.0 Å². The van der Waals surface area contributed by atoms with Crippen molar-refractivity contribution in [2.75, 3.05) is 26.2 Å². The molecule has 0 spiro atoms. The van der Waals surface area contributed by atoms with Crippen LogP contribution in [0, 0.1) is 0 Å². The molecule has 0 aliphatic carbocycles. The van der Waals surface area contributed by atoms with Gasteiger partial charge in [-0.05, 0) is 31.5 Å². The summed E-state index contributed by atoms with van der Waals surface area (Å²) in [5, 5.41) is 10.8. The first kappa shape index (κ1) is 27.1. The molecular formula is C29H34N8O3. The lowest BCUT2D eigenvalue weighted by atomic mass is 10.2. The van der Waals surface area contributed by atoms with Gasteiger partial charge >= 0.3 is 0 Å². The lowest BCUT2D eigenvalue weighted by molar-refractivity contribution is -0.123. The normalized spacial score (nSPS) is 17.6. The van der Waals surface area contributed by atoms with Gasteiger partial charge in [0.1, 0.15) is 24.0 Å².